The van der Waals surface area contributed by atoms with Gasteiger partial charge < -0.3 is 30.0 Å². The van der Waals surface area contributed by atoms with E-state index in [0.717, 1.165) is 6.92 Å². The van der Waals surface area contributed by atoms with E-state index in [4.69, 9.17) is 10.2 Å². The average molecular weight is 286 g/mol. The van der Waals surface area contributed by atoms with Crippen molar-refractivity contribution in [3.8, 4) is 0 Å². The van der Waals surface area contributed by atoms with Gasteiger partial charge in [-0.25, -0.2) is 4.79 Å². The van der Waals surface area contributed by atoms with Crippen LogP contribution in [0.15, 0.2) is 0 Å². The van der Waals surface area contributed by atoms with Gasteiger partial charge in [-0.1, -0.05) is 0 Å². The Morgan fingerprint density at radius 1 is 1.21 bits per heavy atom. The summed E-state index contributed by atoms with van der Waals surface area (Å²) in [6.07, 6.45) is -4.05. The summed E-state index contributed by atoms with van der Waals surface area (Å²) in [6, 6.07) is 0. The van der Waals surface area contributed by atoms with Gasteiger partial charge in [0.05, 0.1) is 18.8 Å². The molecule has 0 saturated carbocycles. The van der Waals surface area contributed by atoms with Crippen molar-refractivity contribution in [3.05, 3.63) is 0 Å². The Morgan fingerprint density at radius 2 is 1.68 bits per heavy atom. The summed E-state index contributed by atoms with van der Waals surface area (Å²) in [7, 11) is 0. The van der Waals surface area contributed by atoms with Crippen molar-refractivity contribution in [1.29, 1.82) is 0 Å². The van der Waals surface area contributed by atoms with Crippen molar-refractivity contribution in [1.82, 2.24) is 0 Å². The molecule has 0 bridgehead atoms. The molecule has 0 spiro atoms. The van der Waals surface area contributed by atoms with Crippen LogP contribution in [0.2, 0.25) is 0 Å². The number of esters is 1. The summed E-state index contributed by atoms with van der Waals surface area (Å²) < 4.78 is 4.22. The Morgan fingerprint density at radius 3 is 2.00 bits per heavy atom. The molecule has 0 radical (unpaired) electrons. The molecule has 0 aromatic rings. The van der Waals surface area contributed by atoms with E-state index in [1.54, 1.807) is 0 Å². The molecule has 0 aliphatic carbocycles. The molecule has 2 atom stereocenters. The van der Waals surface area contributed by atoms with Gasteiger partial charge in [-0.05, 0) is 6.92 Å². The number of carbonyl (C=O) groups excluding carboxylic acids is 2. The first kappa shape index (κ1) is 20.2. The van der Waals surface area contributed by atoms with Crippen molar-refractivity contribution in [3.63, 3.8) is 0 Å². The number of carboxylic acid groups (broad SMARTS) is 3. The van der Waals surface area contributed by atoms with Gasteiger partial charge in [-0.2, -0.15) is 0 Å². The Bertz CT molecular complexity index is 380. The predicted molar refractivity (Wildman–Crippen MR) is 50.0 cm³/mol. The minimum Gasteiger partial charge on any atom is -0.546 e. The molecule has 0 saturated heterocycles. The van der Waals surface area contributed by atoms with Crippen LogP contribution < -0.4 is 34.7 Å². The van der Waals surface area contributed by atoms with Crippen LogP contribution in [0.4, 0.5) is 0 Å². The molecule has 0 aromatic carbocycles. The SMILES string of the molecule is CC(OC(=O)CC(O)(CC(=O)O)C(=O)O)C(=O)[O-].[Na+]. The number of carbonyl (C=O) groups is 4. The largest absolute Gasteiger partial charge is 1.00 e. The first-order valence-electron chi connectivity index (χ1n) is 4.66. The molecule has 102 valence electrons. The minimum absolute atomic E-state index is 0. The monoisotopic (exact) mass is 286 g/mol. The molecular weight excluding hydrogens is 275 g/mol. The van der Waals surface area contributed by atoms with Gasteiger partial charge in [-0.3, -0.25) is 9.59 Å². The minimum atomic E-state index is -2.85. The van der Waals surface area contributed by atoms with Crippen molar-refractivity contribution in [2.45, 2.75) is 31.5 Å². The summed E-state index contributed by atoms with van der Waals surface area (Å²) in [5.41, 5.74) is -2.85. The maximum atomic E-state index is 11.1. The van der Waals surface area contributed by atoms with Crippen LogP contribution in [0, 0.1) is 0 Å². The Kier molecular flexibility index (Phi) is 8.60. The second-order valence-corrected chi connectivity index (χ2v) is 3.54. The van der Waals surface area contributed by atoms with E-state index in [1.165, 1.54) is 0 Å². The number of carboxylic acids is 3. The number of hydrogen-bond acceptors (Lipinski definition) is 7. The second kappa shape index (κ2) is 8.10. The molecule has 2 unspecified atom stereocenters. The fourth-order valence-corrected chi connectivity index (χ4v) is 0.990. The van der Waals surface area contributed by atoms with Crippen molar-refractivity contribution in [2.75, 3.05) is 0 Å². The van der Waals surface area contributed by atoms with E-state index in [0.29, 0.717) is 0 Å². The summed E-state index contributed by atoms with van der Waals surface area (Å²) >= 11 is 0. The average Bonchev–Trinajstić information content (AvgIpc) is 2.14. The summed E-state index contributed by atoms with van der Waals surface area (Å²) in [4.78, 5) is 42.4. The summed E-state index contributed by atoms with van der Waals surface area (Å²) in [6.45, 7) is 0.963. The molecular formula is C9H11NaO9. The van der Waals surface area contributed by atoms with Crippen molar-refractivity contribution in [2.24, 2.45) is 0 Å². The summed E-state index contributed by atoms with van der Waals surface area (Å²) in [5, 5.41) is 36.7. The zero-order valence-corrected chi connectivity index (χ0v) is 12.3. The van der Waals surface area contributed by atoms with Gasteiger partial charge in [0, 0.05) is 0 Å². The predicted octanol–water partition coefficient (Wildman–Crippen LogP) is -5.65. The Labute approximate surface area is 129 Å². The van der Waals surface area contributed by atoms with Gasteiger partial charge in [0.25, 0.3) is 0 Å². The fourth-order valence-electron chi connectivity index (χ4n) is 0.990. The van der Waals surface area contributed by atoms with Crippen LogP contribution in [0.1, 0.15) is 19.8 Å². The van der Waals surface area contributed by atoms with Gasteiger partial charge in [0.15, 0.2) is 5.60 Å². The van der Waals surface area contributed by atoms with Gasteiger partial charge in [0.2, 0.25) is 0 Å². The number of ether oxygens (including phenoxy) is 1. The van der Waals surface area contributed by atoms with E-state index in [-0.39, 0.29) is 29.6 Å². The van der Waals surface area contributed by atoms with Gasteiger partial charge in [0.1, 0.15) is 6.10 Å². The number of aliphatic hydroxyl groups is 1. The third kappa shape index (κ3) is 7.11. The molecule has 0 aliphatic rings. The molecule has 0 aliphatic heterocycles. The zero-order chi connectivity index (χ0) is 14.5. The fraction of sp³-hybridized carbons (Fsp3) is 0.556. The number of aliphatic carboxylic acids is 3. The second-order valence-electron chi connectivity index (χ2n) is 3.54. The Balaban J connectivity index is 0. The Hall–Kier alpha value is -1.16. The molecule has 19 heavy (non-hydrogen) atoms. The topological polar surface area (TPSA) is 161 Å². The normalized spacial score (nSPS) is 14.4. The van der Waals surface area contributed by atoms with Crippen LogP contribution in [0.5, 0.6) is 0 Å². The first-order valence-corrected chi connectivity index (χ1v) is 4.66. The van der Waals surface area contributed by atoms with E-state index in [9.17, 15) is 29.4 Å². The van der Waals surface area contributed by atoms with Crippen LogP contribution in [-0.4, -0.2) is 50.9 Å². The summed E-state index contributed by atoms with van der Waals surface area (Å²) in [5.74, 6) is -6.64. The van der Waals surface area contributed by atoms with Crippen LogP contribution in [0.25, 0.3) is 0 Å². The van der Waals surface area contributed by atoms with Crippen molar-refractivity contribution >= 4 is 23.9 Å². The first-order chi connectivity index (χ1) is 8.08. The quantitative estimate of drug-likeness (QED) is 0.306. The maximum Gasteiger partial charge on any atom is 1.00 e. The van der Waals surface area contributed by atoms with Gasteiger partial charge >= 0.3 is 47.5 Å². The standard InChI is InChI=1S/C9H12O9.Na/c1-4(7(13)14)18-6(12)3-9(17,8(15)16)2-5(10)11;/h4,17H,2-3H2,1H3,(H,10,11)(H,13,14)(H,15,16);/q;+1/p-1. The zero-order valence-electron chi connectivity index (χ0n) is 10.3. The smallest absolute Gasteiger partial charge is 0.546 e. The van der Waals surface area contributed by atoms with Gasteiger partial charge in [-0.15, -0.1) is 0 Å². The molecule has 0 amide bonds. The molecule has 0 heterocycles. The molecule has 3 N–H and O–H groups in total. The molecule has 9 nitrogen and oxygen atoms in total. The van der Waals surface area contributed by atoms with Crippen molar-refractivity contribution < 1.29 is 73.9 Å². The van der Waals surface area contributed by atoms with E-state index < -0.39 is 48.4 Å². The third-order valence-corrected chi connectivity index (χ3v) is 1.92. The van der Waals surface area contributed by atoms with E-state index in [2.05, 4.69) is 4.74 Å². The third-order valence-electron chi connectivity index (χ3n) is 1.92. The molecule has 0 fully saturated rings. The van der Waals surface area contributed by atoms with Crippen LogP contribution >= 0.6 is 0 Å². The molecule has 0 rings (SSSR count). The molecule has 0 aromatic heterocycles. The van der Waals surface area contributed by atoms with E-state index >= 15 is 0 Å². The van der Waals surface area contributed by atoms with Crippen LogP contribution in [-0.2, 0) is 23.9 Å². The van der Waals surface area contributed by atoms with E-state index in [1.807, 2.05) is 0 Å². The molecule has 10 heteroatoms. The number of rotatable bonds is 7. The van der Waals surface area contributed by atoms with Crippen LogP contribution in [0.3, 0.4) is 0 Å². The maximum absolute atomic E-state index is 11.1. The number of hydrogen-bond donors (Lipinski definition) is 3.